The zero-order valence-corrected chi connectivity index (χ0v) is 12.7. The third kappa shape index (κ3) is 4.37. The Kier molecular flexibility index (Phi) is 6.02. The number of hydrogen-bond acceptors (Lipinski definition) is 4. The predicted octanol–water partition coefficient (Wildman–Crippen LogP) is 1.47. The monoisotopic (exact) mass is 295 g/mol. The summed E-state index contributed by atoms with van der Waals surface area (Å²) in [6, 6.07) is 4.29. The molecule has 0 radical (unpaired) electrons. The van der Waals surface area contributed by atoms with Gasteiger partial charge in [0.1, 0.15) is 17.5 Å². The van der Waals surface area contributed by atoms with Gasteiger partial charge in [0, 0.05) is 5.56 Å². The van der Waals surface area contributed by atoms with Crippen molar-refractivity contribution in [3.05, 3.63) is 23.8 Å². The smallest absolute Gasteiger partial charge is 0.326 e. The van der Waals surface area contributed by atoms with Crippen LogP contribution in [0.15, 0.2) is 18.2 Å². The molecule has 1 atom stereocenters. The molecule has 0 saturated carbocycles. The number of rotatable bonds is 7. The van der Waals surface area contributed by atoms with Crippen LogP contribution < -0.4 is 14.8 Å². The quantitative estimate of drug-likeness (QED) is 0.795. The summed E-state index contributed by atoms with van der Waals surface area (Å²) in [7, 11) is 3.01. The predicted molar refractivity (Wildman–Crippen MR) is 77.7 cm³/mol. The molecule has 116 valence electrons. The van der Waals surface area contributed by atoms with E-state index >= 15 is 0 Å². The third-order valence-corrected chi connectivity index (χ3v) is 3.12. The normalized spacial score (nSPS) is 11.9. The Morgan fingerprint density at radius 3 is 2.10 bits per heavy atom. The molecule has 1 aromatic carbocycles. The number of carboxylic acids is 1. The van der Waals surface area contributed by atoms with Crippen LogP contribution in [0.5, 0.6) is 11.5 Å². The first-order valence-corrected chi connectivity index (χ1v) is 6.62. The molecule has 0 aliphatic heterocycles. The van der Waals surface area contributed by atoms with E-state index in [9.17, 15) is 9.59 Å². The molecule has 0 saturated heterocycles. The van der Waals surface area contributed by atoms with E-state index in [0.717, 1.165) is 0 Å². The van der Waals surface area contributed by atoms with Crippen LogP contribution in [0.25, 0.3) is 0 Å². The van der Waals surface area contributed by atoms with E-state index < -0.39 is 12.0 Å². The van der Waals surface area contributed by atoms with Crippen LogP contribution in [0.1, 0.15) is 19.4 Å². The lowest BCUT2D eigenvalue weighted by Crippen LogP contribution is -2.44. The SMILES string of the molecule is COc1cccc(OC)c1CC(=O)NC(C(=O)O)C(C)C. The molecule has 0 aliphatic carbocycles. The number of carbonyl (C=O) groups is 2. The number of ether oxygens (including phenoxy) is 2. The fourth-order valence-electron chi connectivity index (χ4n) is 2.00. The van der Waals surface area contributed by atoms with Gasteiger partial charge in [0.25, 0.3) is 0 Å². The summed E-state index contributed by atoms with van der Waals surface area (Å²) < 4.78 is 10.4. The number of nitrogens with one attached hydrogen (secondary N) is 1. The molecule has 1 unspecified atom stereocenters. The van der Waals surface area contributed by atoms with Crippen molar-refractivity contribution in [1.29, 1.82) is 0 Å². The average Bonchev–Trinajstić information content (AvgIpc) is 2.44. The Balaban J connectivity index is 2.90. The van der Waals surface area contributed by atoms with E-state index in [-0.39, 0.29) is 18.2 Å². The van der Waals surface area contributed by atoms with Gasteiger partial charge < -0.3 is 19.9 Å². The maximum atomic E-state index is 12.1. The summed E-state index contributed by atoms with van der Waals surface area (Å²) in [5.41, 5.74) is 0.591. The van der Waals surface area contributed by atoms with Crippen LogP contribution >= 0.6 is 0 Å². The van der Waals surface area contributed by atoms with Crippen LogP contribution in [0.4, 0.5) is 0 Å². The second kappa shape index (κ2) is 7.52. The summed E-state index contributed by atoms with van der Waals surface area (Å²) in [6.07, 6.45) is -0.0102. The van der Waals surface area contributed by atoms with Crippen molar-refractivity contribution in [2.45, 2.75) is 26.3 Å². The lowest BCUT2D eigenvalue weighted by atomic mass is 10.0. The van der Waals surface area contributed by atoms with Gasteiger partial charge in [0.05, 0.1) is 20.6 Å². The second-order valence-corrected chi connectivity index (χ2v) is 4.95. The fraction of sp³-hybridized carbons (Fsp3) is 0.467. The zero-order valence-electron chi connectivity index (χ0n) is 12.7. The molecule has 1 aromatic rings. The van der Waals surface area contributed by atoms with Crippen molar-refractivity contribution in [1.82, 2.24) is 5.32 Å². The number of methoxy groups -OCH3 is 2. The van der Waals surface area contributed by atoms with Gasteiger partial charge in [0.2, 0.25) is 5.91 Å². The van der Waals surface area contributed by atoms with E-state index in [2.05, 4.69) is 5.32 Å². The Morgan fingerprint density at radius 2 is 1.71 bits per heavy atom. The van der Waals surface area contributed by atoms with Gasteiger partial charge in [-0.2, -0.15) is 0 Å². The Hall–Kier alpha value is -2.24. The summed E-state index contributed by atoms with van der Waals surface area (Å²) in [5.74, 6) is -0.586. The van der Waals surface area contributed by atoms with Crippen molar-refractivity contribution >= 4 is 11.9 Å². The van der Waals surface area contributed by atoms with Gasteiger partial charge in [-0.05, 0) is 18.1 Å². The van der Waals surface area contributed by atoms with Crippen molar-refractivity contribution in [2.24, 2.45) is 5.92 Å². The highest BCUT2D eigenvalue weighted by Crippen LogP contribution is 2.28. The molecule has 2 N–H and O–H groups in total. The Morgan fingerprint density at radius 1 is 1.19 bits per heavy atom. The minimum absolute atomic E-state index is 0.0102. The highest BCUT2D eigenvalue weighted by Gasteiger charge is 2.24. The zero-order chi connectivity index (χ0) is 16.0. The molecule has 0 bridgehead atoms. The molecule has 21 heavy (non-hydrogen) atoms. The van der Waals surface area contributed by atoms with E-state index in [0.29, 0.717) is 17.1 Å². The van der Waals surface area contributed by atoms with Gasteiger partial charge in [-0.1, -0.05) is 19.9 Å². The lowest BCUT2D eigenvalue weighted by Gasteiger charge is -2.19. The van der Waals surface area contributed by atoms with E-state index in [4.69, 9.17) is 14.6 Å². The van der Waals surface area contributed by atoms with Crippen molar-refractivity contribution in [2.75, 3.05) is 14.2 Å². The number of aliphatic carboxylic acids is 1. The molecular weight excluding hydrogens is 274 g/mol. The summed E-state index contributed by atoms with van der Waals surface area (Å²) in [6.45, 7) is 3.48. The van der Waals surface area contributed by atoms with Crippen LogP contribution in [0.3, 0.4) is 0 Å². The van der Waals surface area contributed by atoms with Gasteiger partial charge in [-0.15, -0.1) is 0 Å². The Bertz CT molecular complexity index is 491. The van der Waals surface area contributed by atoms with Crippen LogP contribution in [-0.2, 0) is 16.0 Å². The molecule has 1 amide bonds. The molecular formula is C15H21NO5. The van der Waals surface area contributed by atoms with Gasteiger partial charge in [-0.3, -0.25) is 4.79 Å². The van der Waals surface area contributed by atoms with Crippen molar-refractivity contribution in [3.8, 4) is 11.5 Å². The fourth-order valence-corrected chi connectivity index (χ4v) is 2.00. The number of carboxylic acid groups (broad SMARTS) is 1. The van der Waals surface area contributed by atoms with Crippen LogP contribution in [-0.4, -0.2) is 37.2 Å². The number of amides is 1. The van der Waals surface area contributed by atoms with E-state index in [1.165, 1.54) is 14.2 Å². The number of hydrogen-bond donors (Lipinski definition) is 2. The first-order chi connectivity index (χ1) is 9.90. The van der Waals surface area contributed by atoms with Crippen molar-refractivity contribution < 1.29 is 24.2 Å². The van der Waals surface area contributed by atoms with Crippen LogP contribution in [0, 0.1) is 5.92 Å². The highest BCUT2D eigenvalue weighted by molar-refractivity contribution is 5.85. The molecule has 1 rings (SSSR count). The molecule has 0 aliphatic rings. The number of carbonyl (C=O) groups excluding carboxylic acids is 1. The average molecular weight is 295 g/mol. The topological polar surface area (TPSA) is 84.9 Å². The van der Waals surface area contributed by atoms with E-state index in [1.54, 1.807) is 32.0 Å². The van der Waals surface area contributed by atoms with Gasteiger partial charge in [-0.25, -0.2) is 4.79 Å². The molecule has 0 heterocycles. The lowest BCUT2D eigenvalue weighted by molar-refractivity contribution is -0.143. The molecule has 0 aromatic heterocycles. The van der Waals surface area contributed by atoms with Gasteiger partial charge in [0.15, 0.2) is 0 Å². The van der Waals surface area contributed by atoms with Crippen molar-refractivity contribution in [3.63, 3.8) is 0 Å². The highest BCUT2D eigenvalue weighted by atomic mass is 16.5. The second-order valence-electron chi connectivity index (χ2n) is 4.95. The molecule has 6 nitrogen and oxygen atoms in total. The maximum Gasteiger partial charge on any atom is 0.326 e. The van der Waals surface area contributed by atoms with E-state index in [1.807, 2.05) is 0 Å². The minimum Gasteiger partial charge on any atom is -0.496 e. The summed E-state index contributed by atoms with van der Waals surface area (Å²) in [5, 5.41) is 11.6. The molecule has 0 fully saturated rings. The first kappa shape index (κ1) is 16.8. The van der Waals surface area contributed by atoms with Gasteiger partial charge >= 0.3 is 5.97 Å². The third-order valence-electron chi connectivity index (χ3n) is 3.12. The summed E-state index contributed by atoms with van der Waals surface area (Å²) >= 11 is 0. The maximum absolute atomic E-state index is 12.1. The largest absolute Gasteiger partial charge is 0.496 e. The first-order valence-electron chi connectivity index (χ1n) is 6.62. The summed E-state index contributed by atoms with van der Waals surface area (Å²) in [4.78, 5) is 23.2. The van der Waals surface area contributed by atoms with Crippen LogP contribution in [0.2, 0.25) is 0 Å². The number of benzene rings is 1. The standard InChI is InChI=1S/C15H21NO5/c1-9(2)14(15(18)19)16-13(17)8-10-11(20-3)6-5-7-12(10)21-4/h5-7,9,14H,8H2,1-4H3,(H,16,17)(H,18,19). The Labute approximate surface area is 124 Å². The molecule has 6 heteroatoms. The minimum atomic E-state index is -1.05. The molecule has 0 spiro atoms.